The number of rotatable bonds is 8. The van der Waals surface area contributed by atoms with Gasteiger partial charge < -0.3 is 4.90 Å². The zero-order valence-electron chi connectivity index (χ0n) is 19.7. The van der Waals surface area contributed by atoms with Crippen molar-refractivity contribution in [1.82, 2.24) is 9.97 Å². The fraction of sp³-hybridized carbons (Fsp3) is 0.583. The van der Waals surface area contributed by atoms with Crippen LogP contribution in [-0.4, -0.2) is 36.9 Å². The van der Waals surface area contributed by atoms with Crippen LogP contribution in [0.4, 0.5) is 23.4 Å². The van der Waals surface area contributed by atoms with E-state index in [9.17, 15) is 21.6 Å². The monoisotopic (exact) mass is 501 g/mol. The number of piperidine rings is 1. The van der Waals surface area contributed by atoms with Crippen LogP contribution in [0.25, 0.3) is 0 Å². The lowest BCUT2D eigenvalue weighted by Gasteiger charge is -2.37. The fourth-order valence-electron chi connectivity index (χ4n) is 4.24. The van der Waals surface area contributed by atoms with Crippen molar-refractivity contribution in [3.8, 4) is 0 Å². The van der Waals surface area contributed by atoms with Crippen molar-refractivity contribution in [2.75, 3.05) is 23.5 Å². The summed E-state index contributed by atoms with van der Waals surface area (Å²) in [6, 6.07) is 4.75. The van der Waals surface area contributed by atoms with Crippen molar-refractivity contribution < 1.29 is 26.0 Å². The van der Waals surface area contributed by atoms with E-state index in [1.165, 1.54) is 24.7 Å². The van der Waals surface area contributed by atoms with E-state index in [2.05, 4.69) is 9.97 Å². The second-order valence-electron chi connectivity index (χ2n) is 9.83. The molecule has 3 rings (SSSR count). The van der Waals surface area contributed by atoms with Gasteiger partial charge in [0.2, 0.25) is 0 Å². The Kier molecular flexibility index (Phi) is 7.89. The summed E-state index contributed by atoms with van der Waals surface area (Å²) in [4.78, 5) is 10.1. The third-order valence-corrected chi connectivity index (χ3v) is 7.37. The molecule has 1 aliphatic heterocycles. The Morgan fingerprint density at radius 2 is 1.74 bits per heavy atom. The SMILES string of the molecule is CC(C)(CCc1ncnc(N2CCCCC2c2ccc(C(F)(F)F)cc2)c1F)CCS(C)(=O)=O. The van der Waals surface area contributed by atoms with Crippen LogP contribution in [0.2, 0.25) is 0 Å². The highest BCUT2D eigenvalue weighted by atomic mass is 32.2. The van der Waals surface area contributed by atoms with Gasteiger partial charge in [0.25, 0.3) is 0 Å². The van der Waals surface area contributed by atoms with Crippen LogP contribution in [0, 0.1) is 11.2 Å². The van der Waals surface area contributed by atoms with Crippen LogP contribution in [0.3, 0.4) is 0 Å². The highest BCUT2D eigenvalue weighted by molar-refractivity contribution is 7.90. The van der Waals surface area contributed by atoms with Gasteiger partial charge in [-0.2, -0.15) is 13.2 Å². The van der Waals surface area contributed by atoms with Gasteiger partial charge in [-0.25, -0.2) is 22.8 Å². The molecule has 2 aromatic rings. The number of aromatic nitrogens is 2. The molecule has 0 radical (unpaired) electrons. The van der Waals surface area contributed by atoms with Crippen molar-refractivity contribution in [2.45, 2.75) is 64.6 Å². The summed E-state index contributed by atoms with van der Waals surface area (Å²) >= 11 is 0. The number of nitrogens with zero attached hydrogens (tertiary/aromatic N) is 3. The minimum Gasteiger partial charge on any atom is -0.347 e. The van der Waals surface area contributed by atoms with Gasteiger partial charge >= 0.3 is 6.18 Å². The van der Waals surface area contributed by atoms with Gasteiger partial charge in [-0.3, -0.25) is 0 Å². The van der Waals surface area contributed by atoms with Crippen molar-refractivity contribution in [1.29, 1.82) is 0 Å². The first kappa shape index (κ1) is 26.4. The third kappa shape index (κ3) is 6.90. The molecule has 0 amide bonds. The maximum absolute atomic E-state index is 15.5. The highest BCUT2D eigenvalue weighted by Crippen LogP contribution is 2.37. The van der Waals surface area contributed by atoms with Gasteiger partial charge in [-0.15, -0.1) is 0 Å². The van der Waals surface area contributed by atoms with E-state index in [4.69, 9.17) is 0 Å². The van der Waals surface area contributed by atoms with Crippen LogP contribution < -0.4 is 4.90 Å². The largest absolute Gasteiger partial charge is 0.416 e. The quantitative estimate of drug-likeness (QED) is 0.431. The van der Waals surface area contributed by atoms with E-state index >= 15 is 4.39 Å². The number of hydrogen-bond acceptors (Lipinski definition) is 5. The molecule has 2 heterocycles. The standard InChI is InChI=1S/C24H31F4N3O2S/c1-23(2,13-15-34(3,32)33)12-11-19-21(25)22(30-16-29-19)31-14-5-4-6-20(31)17-7-9-18(10-8-17)24(26,27)28/h7-10,16,20H,4-6,11-15H2,1-3H3. The minimum atomic E-state index is -4.41. The van der Waals surface area contributed by atoms with Crippen LogP contribution in [0.15, 0.2) is 30.6 Å². The first-order valence-electron chi connectivity index (χ1n) is 11.4. The number of benzene rings is 1. The van der Waals surface area contributed by atoms with Crippen LogP contribution in [-0.2, 0) is 22.4 Å². The van der Waals surface area contributed by atoms with Crippen molar-refractivity contribution >= 4 is 15.7 Å². The molecule has 1 aliphatic rings. The summed E-state index contributed by atoms with van der Waals surface area (Å²) in [6.07, 6.45) is 1.85. The van der Waals surface area contributed by atoms with E-state index in [-0.39, 0.29) is 28.7 Å². The number of sulfone groups is 1. The molecule has 10 heteroatoms. The molecule has 1 aromatic carbocycles. The Hall–Kier alpha value is -2.23. The Balaban J connectivity index is 1.79. The average Bonchev–Trinajstić information content (AvgIpc) is 2.76. The Labute approximate surface area is 198 Å². The molecular weight excluding hydrogens is 470 g/mol. The molecule has 0 saturated carbocycles. The van der Waals surface area contributed by atoms with E-state index < -0.39 is 27.4 Å². The number of anilines is 1. The number of halogens is 4. The summed E-state index contributed by atoms with van der Waals surface area (Å²) in [5.74, 6) is -0.302. The van der Waals surface area contributed by atoms with E-state index in [0.29, 0.717) is 37.8 Å². The van der Waals surface area contributed by atoms with Gasteiger partial charge in [0.15, 0.2) is 11.6 Å². The third-order valence-electron chi connectivity index (χ3n) is 6.43. The summed E-state index contributed by atoms with van der Waals surface area (Å²) in [5, 5.41) is 0. The van der Waals surface area contributed by atoms with Crippen molar-refractivity contribution in [3.63, 3.8) is 0 Å². The molecule has 0 N–H and O–H groups in total. The number of alkyl halides is 3. The Morgan fingerprint density at radius 1 is 1.06 bits per heavy atom. The first-order chi connectivity index (χ1) is 15.8. The molecule has 0 bridgehead atoms. The first-order valence-corrected chi connectivity index (χ1v) is 13.4. The van der Waals surface area contributed by atoms with E-state index in [1.807, 2.05) is 18.7 Å². The van der Waals surface area contributed by atoms with Crippen LogP contribution >= 0.6 is 0 Å². The lowest BCUT2D eigenvalue weighted by molar-refractivity contribution is -0.137. The molecule has 34 heavy (non-hydrogen) atoms. The summed E-state index contributed by atoms with van der Waals surface area (Å²) < 4.78 is 77.4. The average molecular weight is 502 g/mol. The molecule has 1 fully saturated rings. The molecule has 0 spiro atoms. The van der Waals surface area contributed by atoms with Gasteiger partial charge in [0.1, 0.15) is 16.2 Å². The molecule has 1 atom stereocenters. The fourth-order valence-corrected chi connectivity index (χ4v) is 5.16. The number of hydrogen-bond donors (Lipinski definition) is 0. The zero-order valence-corrected chi connectivity index (χ0v) is 20.5. The van der Waals surface area contributed by atoms with Crippen molar-refractivity contribution in [2.24, 2.45) is 5.41 Å². The molecule has 5 nitrogen and oxygen atoms in total. The van der Waals surface area contributed by atoms with Crippen LogP contribution in [0.1, 0.15) is 68.8 Å². The lowest BCUT2D eigenvalue weighted by atomic mass is 9.84. The number of aryl methyl sites for hydroxylation is 1. The molecule has 1 aromatic heterocycles. The zero-order chi connectivity index (χ0) is 25.1. The molecule has 0 aliphatic carbocycles. The van der Waals surface area contributed by atoms with Gasteiger partial charge in [0.05, 0.1) is 23.1 Å². The minimum absolute atomic E-state index is 0.0695. The van der Waals surface area contributed by atoms with Gasteiger partial charge in [-0.05, 0) is 61.6 Å². The molecule has 1 saturated heterocycles. The Morgan fingerprint density at radius 3 is 2.35 bits per heavy atom. The predicted molar refractivity (Wildman–Crippen MR) is 124 cm³/mol. The van der Waals surface area contributed by atoms with Crippen LogP contribution in [0.5, 0.6) is 0 Å². The maximum Gasteiger partial charge on any atom is 0.416 e. The van der Waals surface area contributed by atoms with E-state index in [0.717, 1.165) is 25.0 Å². The second-order valence-corrected chi connectivity index (χ2v) is 12.1. The van der Waals surface area contributed by atoms with E-state index in [1.54, 1.807) is 0 Å². The highest BCUT2D eigenvalue weighted by Gasteiger charge is 2.32. The topological polar surface area (TPSA) is 63.2 Å². The predicted octanol–water partition coefficient (Wildman–Crippen LogP) is 5.76. The molecule has 188 valence electrons. The van der Waals surface area contributed by atoms with Gasteiger partial charge in [-0.1, -0.05) is 26.0 Å². The van der Waals surface area contributed by atoms with Crippen molar-refractivity contribution in [3.05, 3.63) is 53.2 Å². The summed E-state index contributed by atoms with van der Waals surface area (Å²) in [5.41, 5.74) is -0.0786. The normalized spacial score (nSPS) is 17.7. The smallest absolute Gasteiger partial charge is 0.347 e. The molecule has 1 unspecified atom stereocenters. The Bertz CT molecular complexity index is 1090. The lowest BCUT2D eigenvalue weighted by Crippen LogP contribution is -2.35. The second kappa shape index (κ2) is 10.2. The summed E-state index contributed by atoms with van der Waals surface area (Å²) in [6.45, 7) is 4.44. The maximum atomic E-state index is 15.5. The molecular formula is C24H31F4N3O2S. The summed E-state index contributed by atoms with van der Waals surface area (Å²) in [7, 11) is -3.08. The van der Waals surface area contributed by atoms with Gasteiger partial charge in [0, 0.05) is 12.8 Å².